The Labute approximate surface area is 127 Å². The summed E-state index contributed by atoms with van der Waals surface area (Å²) in [7, 11) is 3.74. The van der Waals surface area contributed by atoms with E-state index in [0.29, 0.717) is 5.02 Å². The van der Waals surface area contributed by atoms with Gasteiger partial charge < -0.3 is 10.0 Å². The lowest BCUT2D eigenvalue weighted by atomic mass is 9.98. The molecule has 2 rings (SSSR count). The van der Waals surface area contributed by atoms with Crippen LogP contribution in [-0.4, -0.2) is 31.0 Å². The van der Waals surface area contributed by atoms with Gasteiger partial charge in [0.2, 0.25) is 0 Å². The zero-order valence-electron chi connectivity index (χ0n) is 11.6. The number of anilines is 1. The second-order valence-electron chi connectivity index (χ2n) is 4.74. The minimum absolute atomic E-state index is 0.0322. The van der Waals surface area contributed by atoms with Gasteiger partial charge in [-0.05, 0) is 24.3 Å². The maximum absolute atomic E-state index is 12.5. The van der Waals surface area contributed by atoms with E-state index in [1.807, 2.05) is 19.0 Å². The normalized spacial score (nSPS) is 10.2. The number of halogens is 1. The predicted molar refractivity (Wildman–Crippen MR) is 82.6 cm³/mol. The van der Waals surface area contributed by atoms with E-state index in [-0.39, 0.29) is 16.7 Å². The molecule has 0 atom stereocenters. The van der Waals surface area contributed by atoms with Gasteiger partial charge in [-0.15, -0.1) is 0 Å². The van der Waals surface area contributed by atoms with Crippen molar-refractivity contribution in [1.29, 1.82) is 0 Å². The number of aromatic carboxylic acids is 1. The fourth-order valence-electron chi connectivity index (χ4n) is 1.98. The minimum atomic E-state index is -1.14. The zero-order valence-corrected chi connectivity index (χ0v) is 12.4. The van der Waals surface area contributed by atoms with Gasteiger partial charge in [-0.2, -0.15) is 0 Å². The number of benzene rings is 2. The molecule has 0 aliphatic heterocycles. The third-order valence-electron chi connectivity index (χ3n) is 3.12. The first-order chi connectivity index (χ1) is 9.91. The average molecular weight is 304 g/mol. The number of rotatable bonds is 4. The largest absolute Gasteiger partial charge is 0.478 e. The summed E-state index contributed by atoms with van der Waals surface area (Å²) in [5, 5.41) is 9.45. The molecule has 5 heteroatoms. The second kappa shape index (κ2) is 5.97. The molecule has 0 aliphatic carbocycles. The molecule has 0 saturated heterocycles. The first kappa shape index (κ1) is 15.1. The minimum Gasteiger partial charge on any atom is -0.478 e. The molecule has 0 saturated carbocycles. The molecule has 2 aromatic carbocycles. The Kier molecular flexibility index (Phi) is 4.29. The first-order valence-corrected chi connectivity index (χ1v) is 6.63. The molecule has 108 valence electrons. The molecule has 4 nitrogen and oxygen atoms in total. The predicted octanol–water partition coefficient (Wildman–Crippen LogP) is 3.34. The Bertz CT molecular complexity index is 710. The van der Waals surface area contributed by atoms with Gasteiger partial charge in [0, 0.05) is 30.9 Å². The highest BCUT2D eigenvalue weighted by molar-refractivity contribution is 6.35. The Morgan fingerprint density at radius 3 is 2.14 bits per heavy atom. The molecule has 21 heavy (non-hydrogen) atoms. The van der Waals surface area contributed by atoms with Crippen molar-refractivity contribution in [2.24, 2.45) is 0 Å². The third-order valence-corrected chi connectivity index (χ3v) is 3.43. The number of carboxylic acids is 1. The van der Waals surface area contributed by atoms with Gasteiger partial charge in [0.1, 0.15) is 0 Å². The van der Waals surface area contributed by atoms with Crippen molar-refractivity contribution in [3.8, 4) is 0 Å². The van der Waals surface area contributed by atoms with Crippen LogP contribution in [0.4, 0.5) is 5.69 Å². The van der Waals surface area contributed by atoms with Gasteiger partial charge in [-0.1, -0.05) is 29.8 Å². The lowest BCUT2D eigenvalue weighted by molar-refractivity contribution is 0.0693. The van der Waals surface area contributed by atoms with E-state index >= 15 is 0 Å². The summed E-state index contributed by atoms with van der Waals surface area (Å²) < 4.78 is 0. The van der Waals surface area contributed by atoms with Gasteiger partial charge in [0.15, 0.2) is 5.78 Å². The van der Waals surface area contributed by atoms with E-state index in [4.69, 9.17) is 16.7 Å². The summed E-state index contributed by atoms with van der Waals surface area (Å²) in [5.74, 6) is -1.54. The Balaban J connectivity index is 2.48. The second-order valence-corrected chi connectivity index (χ2v) is 5.15. The van der Waals surface area contributed by atoms with Crippen LogP contribution in [0.25, 0.3) is 0 Å². The van der Waals surface area contributed by atoms with Gasteiger partial charge >= 0.3 is 5.97 Å². The lowest BCUT2D eigenvalue weighted by Gasteiger charge is -2.14. The first-order valence-electron chi connectivity index (χ1n) is 6.25. The van der Waals surface area contributed by atoms with Crippen molar-refractivity contribution < 1.29 is 14.7 Å². The summed E-state index contributed by atoms with van der Waals surface area (Å²) >= 11 is 6.16. The van der Waals surface area contributed by atoms with Crippen LogP contribution in [0.15, 0.2) is 42.5 Å². The number of carboxylic acid groups (broad SMARTS) is 1. The van der Waals surface area contributed by atoms with Crippen LogP contribution in [0.5, 0.6) is 0 Å². The molecule has 0 aliphatic rings. The number of carbonyl (C=O) groups is 2. The number of carbonyl (C=O) groups excluding carboxylic acids is 1. The number of ketones is 1. The number of hydrogen-bond acceptors (Lipinski definition) is 3. The van der Waals surface area contributed by atoms with Crippen LogP contribution >= 0.6 is 11.6 Å². The Hall–Kier alpha value is -2.33. The summed E-state index contributed by atoms with van der Waals surface area (Å²) in [6.07, 6.45) is 0. The molecule has 0 spiro atoms. The molecule has 0 aromatic heterocycles. The van der Waals surface area contributed by atoms with Gasteiger partial charge in [-0.3, -0.25) is 4.79 Å². The Morgan fingerprint density at radius 1 is 1.00 bits per heavy atom. The van der Waals surface area contributed by atoms with Crippen LogP contribution in [0.1, 0.15) is 26.3 Å². The highest BCUT2D eigenvalue weighted by Crippen LogP contribution is 2.25. The van der Waals surface area contributed by atoms with Gasteiger partial charge in [-0.25, -0.2) is 4.79 Å². The number of hydrogen-bond donors (Lipinski definition) is 1. The van der Waals surface area contributed by atoms with Crippen molar-refractivity contribution in [3.63, 3.8) is 0 Å². The van der Waals surface area contributed by atoms with Crippen LogP contribution in [0.2, 0.25) is 5.02 Å². The van der Waals surface area contributed by atoms with Gasteiger partial charge in [0.05, 0.1) is 10.6 Å². The van der Waals surface area contributed by atoms with E-state index in [2.05, 4.69) is 0 Å². The smallest absolute Gasteiger partial charge is 0.336 e. The summed E-state index contributed by atoms with van der Waals surface area (Å²) in [5.41, 5.74) is 1.25. The fourth-order valence-corrected chi connectivity index (χ4v) is 2.24. The number of nitrogens with zero attached hydrogens (tertiary/aromatic N) is 1. The topological polar surface area (TPSA) is 57.6 Å². The molecule has 0 heterocycles. The van der Waals surface area contributed by atoms with E-state index in [0.717, 1.165) is 5.69 Å². The molecule has 0 amide bonds. The quantitative estimate of drug-likeness (QED) is 0.880. The van der Waals surface area contributed by atoms with E-state index < -0.39 is 11.8 Å². The molecule has 0 unspecified atom stereocenters. The van der Waals surface area contributed by atoms with E-state index in [1.54, 1.807) is 30.3 Å². The van der Waals surface area contributed by atoms with E-state index in [9.17, 15) is 9.59 Å². The molecule has 0 bridgehead atoms. The molecule has 2 aromatic rings. The molecular formula is C16H14ClNO3. The standard InChI is InChI=1S/C16H14ClNO3/c1-18(2)10-7-8-13(14(17)9-10)15(19)11-5-3-4-6-12(11)16(20)21/h3-9H,1-2H3,(H,20,21). The van der Waals surface area contributed by atoms with Gasteiger partial charge in [0.25, 0.3) is 0 Å². The average Bonchev–Trinajstić information content (AvgIpc) is 2.46. The summed E-state index contributed by atoms with van der Waals surface area (Å²) in [4.78, 5) is 25.6. The summed E-state index contributed by atoms with van der Waals surface area (Å²) in [6, 6.07) is 11.2. The maximum Gasteiger partial charge on any atom is 0.336 e. The van der Waals surface area contributed by atoms with Crippen molar-refractivity contribution in [1.82, 2.24) is 0 Å². The van der Waals surface area contributed by atoms with E-state index in [1.165, 1.54) is 12.1 Å². The van der Waals surface area contributed by atoms with Crippen molar-refractivity contribution in [2.75, 3.05) is 19.0 Å². The highest BCUT2D eigenvalue weighted by Gasteiger charge is 2.19. The lowest BCUT2D eigenvalue weighted by Crippen LogP contribution is -2.12. The van der Waals surface area contributed by atoms with Crippen molar-refractivity contribution >= 4 is 29.0 Å². The monoisotopic (exact) mass is 303 g/mol. The maximum atomic E-state index is 12.5. The van der Waals surface area contributed by atoms with Crippen molar-refractivity contribution in [2.45, 2.75) is 0 Å². The molecular weight excluding hydrogens is 290 g/mol. The SMILES string of the molecule is CN(C)c1ccc(C(=O)c2ccccc2C(=O)O)c(Cl)c1. The highest BCUT2D eigenvalue weighted by atomic mass is 35.5. The van der Waals surface area contributed by atoms with Crippen LogP contribution in [0.3, 0.4) is 0 Å². The van der Waals surface area contributed by atoms with Crippen molar-refractivity contribution in [3.05, 3.63) is 64.2 Å². The van der Waals surface area contributed by atoms with Crippen LogP contribution < -0.4 is 4.90 Å². The zero-order chi connectivity index (χ0) is 15.6. The van der Waals surface area contributed by atoms with Crippen LogP contribution in [0, 0.1) is 0 Å². The fraction of sp³-hybridized carbons (Fsp3) is 0.125. The molecule has 0 fully saturated rings. The molecule has 1 N–H and O–H groups in total. The Morgan fingerprint density at radius 2 is 1.62 bits per heavy atom. The molecule has 0 radical (unpaired) electrons. The summed E-state index contributed by atoms with van der Waals surface area (Å²) in [6.45, 7) is 0. The van der Waals surface area contributed by atoms with Crippen LogP contribution in [-0.2, 0) is 0 Å². The third kappa shape index (κ3) is 3.06.